The molecule has 2 heteroatoms. The van der Waals surface area contributed by atoms with E-state index in [2.05, 4.69) is 29.2 Å². The average molecular weight is 284 g/mol. The van der Waals surface area contributed by atoms with E-state index in [0.29, 0.717) is 6.04 Å². The molecule has 1 atom stereocenters. The molecule has 0 aromatic heterocycles. The molecule has 3 aliphatic carbocycles. The van der Waals surface area contributed by atoms with Crippen LogP contribution in [0.1, 0.15) is 61.6 Å². The number of nitrogens with zero attached hydrogens (tertiary/aromatic N) is 1. The third-order valence-electron chi connectivity index (χ3n) is 5.42. The second-order valence-corrected chi connectivity index (χ2v) is 7.50. The molecule has 2 N–H and O–H groups in total. The van der Waals surface area contributed by atoms with Crippen LogP contribution in [-0.4, -0.2) is 24.5 Å². The van der Waals surface area contributed by atoms with E-state index < -0.39 is 0 Å². The van der Waals surface area contributed by atoms with E-state index in [1.54, 1.807) is 5.56 Å². The lowest BCUT2D eigenvalue weighted by Crippen LogP contribution is -2.37. The quantitative estimate of drug-likeness (QED) is 0.789. The van der Waals surface area contributed by atoms with Crippen molar-refractivity contribution in [2.75, 3.05) is 19.6 Å². The predicted molar refractivity (Wildman–Crippen MR) is 87.2 cm³/mol. The predicted octanol–water partition coefficient (Wildman–Crippen LogP) is 3.69. The van der Waals surface area contributed by atoms with Crippen molar-refractivity contribution in [3.63, 3.8) is 0 Å². The number of hydrogen-bond acceptors (Lipinski definition) is 2. The summed E-state index contributed by atoms with van der Waals surface area (Å²) in [6.07, 6.45) is 8.48. The maximum Gasteiger partial charge on any atom is 0.0473 e. The van der Waals surface area contributed by atoms with E-state index in [1.807, 2.05) is 0 Å². The molecule has 4 rings (SSSR count). The van der Waals surface area contributed by atoms with Gasteiger partial charge in [-0.3, -0.25) is 4.90 Å². The smallest absolute Gasteiger partial charge is 0.0473 e. The average Bonchev–Trinajstić information content (AvgIpc) is 3.36. The molecule has 0 spiro atoms. The lowest BCUT2D eigenvalue weighted by Gasteiger charge is -2.33. The van der Waals surface area contributed by atoms with Crippen LogP contribution in [-0.2, 0) is 0 Å². The molecule has 1 aromatic rings. The minimum atomic E-state index is 0.447. The van der Waals surface area contributed by atoms with Crippen molar-refractivity contribution in [3.05, 3.63) is 35.4 Å². The van der Waals surface area contributed by atoms with Crippen LogP contribution < -0.4 is 5.73 Å². The van der Waals surface area contributed by atoms with Gasteiger partial charge in [-0.1, -0.05) is 24.3 Å². The highest BCUT2D eigenvalue weighted by Gasteiger charge is 2.35. The Morgan fingerprint density at radius 3 is 2.10 bits per heavy atom. The molecule has 1 aromatic carbocycles. The second-order valence-electron chi connectivity index (χ2n) is 7.50. The van der Waals surface area contributed by atoms with Gasteiger partial charge in [-0.15, -0.1) is 0 Å². The Bertz CT molecular complexity index is 472. The zero-order valence-electron chi connectivity index (χ0n) is 13.0. The van der Waals surface area contributed by atoms with Crippen LogP contribution in [0, 0.1) is 11.8 Å². The van der Waals surface area contributed by atoms with Crippen molar-refractivity contribution in [3.8, 4) is 0 Å². The van der Waals surface area contributed by atoms with Gasteiger partial charge >= 0.3 is 0 Å². The third-order valence-corrected chi connectivity index (χ3v) is 5.42. The van der Waals surface area contributed by atoms with Crippen LogP contribution in [0.25, 0.3) is 0 Å². The molecule has 114 valence electrons. The van der Waals surface area contributed by atoms with Gasteiger partial charge in [0.1, 0.15) is 0 Å². The first kappa shape index (κ1) is 13.8. The van der Waals surface area contributed by atoms with Crippen molar-refractivity contribution in [2.24, 2.45) is 17.6 Å². The Labute approximate surface area is 128 Å². The Hall–Kier alpha value is -0.860. The lowest BCUT2D eigenvalue weighted by atomic mass is 9.95. The van der Waals surface area contributed by atoms with Crippen molar-refractivity contribution >= 4 is 0 Å². The first-order chi connectivity index (χ1) is 10.3. The third kappa shape index (κ3) is 3.32. The topological polar surface area (TPSA) is 29.3 Å². The molecule has 21 heavy (non-hydrogen) atoms. The van der Waals surface area contributed by atoms with Gasteiger partial charge in [0.25, 0.3) is 0 Å². The highest BCUT2D eigenvalue weighted by atomic mass is 15.2. The van der Waals surface area contributed by atoms with E-state index in [4.69, 9.17) is 5.73 Å². The molecule has 1 unspecified atom stereocenters. The van der Waals surface area contributed by atoms with Gasteiger partial charge in [-0.05, 0) is 67.4 Å². The molecule has 0 amide bonds. The fourth-order valence-electron chi connectivity index (χ4n) is 3.65. The van der Waals surface area contributed by atoms with Crippen LogP contribution in [0.5, 0.6) is 0 Å². The molecule has 3 saturated carbocycles. The second kappa shape index (κ2) is 5.73. The molecule has 0 saturated heterocycles. The first-order valence-corrected chi connectivity index (χ1v) is 8.88. The minimum Gasteiger partial charge on any atom is -0.329 e. The minimum absolute atomic E-state index is 0.447. The zero-order valence-corrected chi connectivity index (χ0v) is 13.0. The van der Waals surface area contributed by atoms with Gasteiger partial charge in [0, 0.05) is 25.7 Å². The molecule has 0 bridgehead atoms. The van der Waals surface area contributed by atoms with E-state index in [9.17, 15) is 0 Å². The fraction of sp³-hybridized carbons (Fsp3) is 0.684. The molecular formula is C19H28N2. The summed E-state index contributed by atoms with van der Waals surface area (Å²) in [6.45, 7) is 3.32. The van der Waals surface area contributed by atoms with E-state index in [-0.39, 0.29) is 0 Å². The highest BCUT2D eigenvalue weighted by molar-refractivity contribution is 5.36. The summed E-state index contributed by atoms with van der Waals surface area (Å²) >= 11 is 0. The van der Waals surface area contributed by atoms with Crippen molar-refractivity contribution in [1.82, 2.24) is 4.90 Å². The molecule has 0 heterocycles. The Morgan fingerprint density at radius 1 is 0.952 bits per heavy atom. The molecule has 2 nitrogen and oxygen atoms in total. The summed E-state index contributed by atoms with van der Waals surface area (Å²) in [6, 6.07) is 9.55. The Balaban J connectivity index is 1.58. The highest BCUT2D eigenvalue weighted by Crippen LogP contribution is 2.44. The van der Waals surface area contributed by atoms with Crippen LogP contribution in [0.15, 0.2) is 24.3 Å². The molecule has 3 aliphatic rings. The number of benzene rings is 1. The van der Waals surface area contributed by atoms with E-state index in [0.717, 1.165) is 24.3 Å². The summed E-state index contributed by atoms with van der Waals surface area (Å²) < 4.78 is 0. The molecular weight excluding hydrogens is 256 g/mol. The summed E-state index contributed by atoms with van der Waals surface area (Å²) in [5, 5.41) is 0. The standard InChI is InChI=1S/C19H28N2/c20-11-19(18-4-2-1-3-17(18)16-9-10-16)21(12-14-5-6-14)13-15-7-8-15/h1-4,14-16,19H,5-13,20H2. The van der Waals surface area contributed by atoms with Crippen molar-refractivity contribution < 1.29 is 0 Å². The van der Waals surface area contributed by atoms with Gasteiger partial charge in [0.05, 0.1) is 0 Å². The number of nitrogens with two attached hydrogens (primary N) is 1. The summed E-state index contributed by atoms with van der Waals surface area (Å²) in [7, 11) is 0. The van der Waals surface area contributed by atoms with Gasteiger partial charge in [-0.25, -0.2) is 0 Å². The van der Waals surface area contributed by atoms with Crippen LogP contribution in [0.4, 0.5) is 0 Å². The molecule has 3 fully saturated rings. The SMILES string of the molecule is NCC(c1ccccc1C1CC1)N(CC1CC1)CC1CC1. The summed E-state index contributed by atoms with van der Waals surface area (Å²) in [5.41, 5.74) is 9.36. The summed E-state index contributed by atoms with van der Waals surface area (Å²) in [4.78, 5) is 2.73. The maximum absolute atomic E-state index is 6.25. The van der Waals surface area contributed by atoms with E-state index in [1.165, 1.54) is 57.2 Å². The Morgan fingerprint density at radius 2 is 1.57 bits per heavy atom. The van der Waals surface area contributed by atoms with E-state index >= 15 is 0 Å². The van der Waals surface area contributed by atoms with Gasteiger partial charge in [-0.2, -0.15) is 0 Å². The largest absolute Gasteiger partial charge is 0.329 e. The van der Waals surface area contributed by atoms with Crippen LogP contribution >= 0.6 is 0 Å². The fourth-order valence-corrected chi connectivity index (χ4v) is 3.65. The normalized spacial score (nSPS) is 23.5. The first-order valence-electron chi connectivity index (χ1n) is 8.88. The Kier molecular flexibility index (Phi) is 3.76. The van der Waals surface area contributed by atoms with Crippen molar-refractivity contribution in [2.45, 2.75) is 50.5 Å². The molecule has 0 aliphatic heterocycles. The van der Waals surface area contributed by atoms with Crippen LogP contribution in [0.2, 0.25) is 0 Å². The number of hydrogen-bond donors (Lipinski definition) is 1. The van der Waals surface area contributed by atoms with Crippen LogP contribution in [0.3, 0.4) is 0 Å². The lowest BCUT2D eigenvalue weighted by molar-refractivity contribution is 0.184. The van der Waals surface area contributed by atoms with Gasteiger partial charge in [0.15, 0.2) is 0 Å². The van der Waals surface area contributed by atoms with Crippen molar-refractivity contribution in [1.29, 1.82) is 0 Å². The maximum atomic E-state index is 6.25. The summed E-state index contributed by atoms with van der Waals surface area (Å²) in [5.74, 6) is 2.72. The number of rotatable bonds is 8. The molecule has 0 radical (unpaired) electrons. The monoisotopic (exact) mass is 284 g/mol. The van der Waals surface area contributed by atoms with Gasteiger partial charge in [0.2, 0.25) is 0 Å². The zero-order chi connectivity index (χ0) is 14.2. The van der Waals surface area contributed by atoms with Gasteiger partial charge < -0.3 is 5.73 Å².